The van der Waals surface area contributed by atoms with Crippen molar-refractivity contribution in [1.82, 2.24) is 20.1 Å². The highest BCUT2D eigenvalue weighted by molar-refractivity contribution is 5.13. The summed E-state index contributed by atoms with van der Waals surface area (Å²) in [6.07, 6.45) is 8.20. The summed E-state index contributed by atoms with van der Waals surface area (Å²) in [5, 5.41) is 12.1. The highest BCUT2D eigenvalue weighted by atomic mass is 15.3. The summed E-state index contributed by atoms with van der Waals surface area (Å²) >= 11 is 0. The number of rotatable bonds is 3. The maximum atomic E-state index is 4.42. The minimum absolute atomic E-state index is 0.233. The first-order chi connectivity index (χ1) is 7.86. The van der Waals surface area contributed by atoms with Crippen molar-refractivity contribution in [2.75, 3.05) is 13.1 Å². The van der Waals surface area contributed by atoms with Gasteiger partial charge >= 0.3 is 0 Å². The fraction of sp³-hybridized carbons (Fsp3) is 0.833. The van der Waals surface area contributed by atoms with Gasteiger partial charge in [0.15, 0.2) is 0 Å². The molecule has 88 valence electrons. The predicted molar refractivity (Wildman–Crippen MR) is 62.4 cm³/mol. The molecule has 4 heteroatoms. The Kier molecular flexibility index (Phi) is 2.46. The van der Waals surface area contributed by atoms with Gasteiger partial charge in [-0.15, -0.1) is 10.2 Å². The SMILES string of the molecule is CCC1(c2nncn2C2CC2)CCCNC1. The number of hydrogen-bond donors (Lipinski definition) is 1. The summed E-state index contributed by atoms with van der Waals surface area (Å²) in [7, 11) is 0. The zero-order valence-electron chi connectivity index (χ0n) is 9.95. The standard InChI is InChI=1S/C12H20N4/c1-2-12(6-3-7-13-8-12)11-15-14-9-16(11)10-4-5-10/h9-10,13H,2-8H2,1H3. The number of hydrogen-bond acceptors (Lipinski definition) is 3. The van der Waals surface area contributed by atoms with E-state index >= 15 is 0 Å². The number of aromatic nitrogens is 3. The molecule has 0 radical (unpaired) electrons. The van der Waals surface area contributed by atoms with E-state index in [0.29, 0.717) is 6.04 Å². The molecule has 1 saturated carbocycles. The summed E-state index contributed by atoms with van der Waals surface area (Å²) in [4.78, 5) is 0. The van der Waals surface area contributed by atoms with Crippen molar-refractivity contribution in [3.63, 3.8) is 0 Å². The zero-order valence-corrected chi connectivity index (χ0v) is 9.95. The van der Waals surface area contributed by atoms with E-state index in [0.717, 1.165) is 19.5 Å². The summed E-state index contributed by atoms with van der Waals surface area (Å²) < 4.78 is 2.33. The topological polar surface area (TPSA) is 42.7 Å². The van der Waals surface area contributed by atoms with E-state index in [1.54, 1.807) is 0 Å². The van der Waals surface area contributed by atoms with E-state index in [2.05, 4.69) is 27.0 Å². The summed E-state index contributed by atoms with van der Waals surface area (Å²) in [6.45, 7) is 4.49. The molecule has 1 aliphatic heterocycles. The van der Waals surface area contributed by atoms with Gasteiger partial charge in [0.2, 0.25) is 0 Å². The Labute approximate surface area is 96.4 Å². The van der Waals surface area contributed by atoms with E-state index in [-0.39, 0.29) is 5.41 Å². The lowest BCUT2D eigenvalue weighted by Gasteiger charge is -2.36. The van der Waals surface area contributed by atoms with Crippen molar-refractivity contribution >= 4 is 0 Å². The Morgan fingerprint density at radius 1 is 1.56 bits per heavy atom. The van der Waals surface area contributed by atoms with Crippen molar-refractivity contribution in [2.45, 2.75) is 50.5 Å². The second kappa shape index (κ2) is 3.84. The summed E-state index contributed by atoms with van der Waals surface area (Å²) in [5.41, 5.74) is 0.233. The van der Waals surface area contributed by atoms with Crippen LogP contribution in [-0.2, 0) is 5.41 Å². The molecule has 2 fully saturated rings. The van der Waals surface area contributed by atoms with Crippen LogP contribution in [0.15, 0.2) is 6.33 Å². The van der Waals surface area contributed by atoms with Crippen LogP contribution in [0, 0.1) is 0 Å². The Balaban J connectivity index is 1.95. The molecular weight excluding hydrogens is 200 g/mol. The first-order valence-corrected chi connectivity index (χ1v) is 6.46. The normalized spacial score (nSPS) is 30.6. The fourth-order valence-electron chi connectivity index (χ4n) is 2.86. The van der Waals surface area contributed by atoms with Crippen molar-refractivity contribution in [3.05, 3.63) is 12.2 Å². The molecule has 1 aliphatic carbocycles. The first kappa shape index (κ1) is 10.3. The molecule has 0 amide bonds. The van der Waals surface area contributed by atoms with Crippen molar-refractivity contribution in [2.24, 2.45) is 0 Å². The van der Waals surface area contributed by atoms with Crippen LogP contribution in [0.25, 0.3) is 0 Å². The molecule has 16 heavy (non-hydrogen) atoms. The molecule has 2 aliphatic rings. The maximum Gasteiger partial charge on any atom is 0.140 e. The molecule has 0 spiro atoms. The Hall–Kier alpha value is -0.900. The lowest BCUT2D eigenvalue weighted by Crippen LogP contribution is -2.44. The Morgan fingerprint density at radius 3 is 3.06 bits per heavy atom. The van der Waals surface area contributed by atoms with Gasteiger partial charge in [-0.25, -0.2) is 0 Å². The van der Waals surface area contributed by atoms with Crippen LogP contribution < -0.4 is 5.32 Å². The third-order valence-corrected chi connectivity index (χ3v) is 4.14. The van der Waals surface area contributed by atoms with Gasteiger partial charge in [-0.2, -0.15) is 0 Å². The highest BCUT2D eigenvalue weighted by Gasteiger charge is 2.39. The van der Waals surface area contributed by atoms with E-state index in [1.165, 1.54) is 31.5 Å². The number of nitrogens with zero attached hydrogens (tertiary/aromatic N) is 3. The molecule has 1 unspecified atom stereocenters. The van der Waals surface area contributed by atoms with Gasteiger partial charge in [0.05, 0.1) is 0 Å². The van der Waals surface area contributed by atoms with Crippen LogP contribution in [0.4, 0.5) is 0 Å². The number of nitrogens with one attached hydrogen (secondary N) is 1. The molecule has 0 bridgehead atoms. The monoisotopic (exact) mass is 220 g/mol. The second-order valence-electron chi connectivity index (χ2n) is 5.21. The molecule has 1 aromatic rings. The van der Waals surface area contributed by atoms with E-state index in [9.17, 15) is 0 Å². The summed E-state index contributed by atoms with van der Waals surface area (Å²) in [5.74, 6) is 1.23. The molecule has 1 aromatic heterocycles. The van der Waals surface area contributed by atoms with Crippen molar-refractivity contribution in [3.8, 4) is 0 Å². The second-order valence-corrected chi connectivity index (χ2v) is 5.21. The first-order valence-electron chi connectivity index (χ1n) is 6.46. The molecule has 2 heterocycles. The molecule has 0 aromatic carbocycles. The average molecular weight is 220 g/mol. The largest absolute Gasteiger partial charge is 0.316 e. The predicted octanol–water partition coefficient (Wildman–Crippen LogP) is 1.64. The van der Waals surface area contributed by atoms with Crippen LogP contribution in [0.5, 0.6) is 0 Å². The van der Waals surface area contributed by atoms with Crippen LogP contribution in [0.3, 0.4) is 0 Å². The average Bonchev–Trinajstić information content (AvgIpc) is 3.07. The molecule has 4 nitrogen and oxygen atoms in total. The molecule has 1 saturated heterocycles. The zero-order chi connectivity index (χ0) is 11.0. The van der Waals surface area contributed by atoms with E-state index in [1.807, 2.05) is 6.33 Å². The van der Waals surface area contributed by atoms with Crippen molar-refractivity contribution < 1.29 is 0 Å². The molecular formula is C12H20N4. The van der Waals surface area contributed by atoms with Gasteiger partial charge in [0.25, 0.3) is 0 Å². The molecule has 1 N–H and O–H groups in total. The lowest BCUT2D eigenvalue weighted by molar-refractivity contribution is 0.278. The van der Waals surface area contributed by atoms with Crippen LogP contribution in [0.2, 0.25) is 0 Å². The minimum Gasteiger partial charge on any atom is -0.316 e. The van der Waals surface area contributed by atoms with Gasteiger partial charge in [-0.1, -0.05) is 6.92 Å². The molecule has 1 atom stereocenters. The smallest absolute Gasteiger partial charge is 0.140 e. The van der Waals surface area contributed by atoms with Crippen LogP contribution in [0.1, 0.15) is 50.9 Å². The fourth-order valence-corrected chi connectivity index (χ4v) is 2.86. The van der Waals surface area contributed by atoms with Crippen molar-refractivity contribution in [1.29, 1.82) is 0 Å². The van der Waals surface area contributed by atoms with Gasteiger partial charge in [0, 0.05) is 18.0 Å². The Bertz CT molecular complexity index is 361. The van der Waals surface area contributed by atoms with Crippen LogP contribution in [-0.4, -0.2) is 27.9 Å². The third kappa shape index (κ3) is 1.56. The van der Waals surface area contributed by atoms with E-state index < -0.39 is 0 Å². The third-order valence-electron chi connectivity index (χ3n) is 4.14. The van der Waals surface area contributed by atoms with Crippen LogP contribution >= 0.6 is 0 Å². The molecule has 3 rings (SSSR count). The minimum atomic E-state index is 0.233. The van der Waals surface area contributed by atoms with Gasteiger partial charge in [0.1, 0.15) is 12.2 Å². The summed E-state index contributed by atoms with van der Waals surface area (Å²) in [6, 6.07) is 0.690. The van der Waals surface area contributed by atoms with E-state index in [4.69, 9.17) is 0 Å². The maximum absolute atomic E-state index is 4.42. The van der Waals surface area contributed by atoms with Gasteiger partial charge in [-0.05, 0) is 38.6 Å². The number of piperidine rings is 1. The van der Waals surface area contributed by atoms with Gasteiger partial charge in [-0.3, -0.25) is 0 Å². The van der Waals surface area contributed by atoms with Gasteiger partial charge < -0.3 is 9.88 Å². The lowest BCUT2D eigenvalue weighted by atomic mass is 9.77. The Morgan fingerprint density at radius 2 is 2.44 bits per heavy atom. The highest BCUT2D eigenvalue weighted by Crippen LogP contribution is 2.40. The quantitative estimate of drug-likeness (QED) is 0.842.